The van der Waals surface area contributed by atoms with Crippen LogP contribution in [0.1, 0.15) is 5.56 Å². The highest BCUT2D eigenvalue weighted by Gasteiger charge is 2.00. The summed E-state index contributed by atoms with van der Waals surface area (Å²) in [6.45, 7) is 0. The van der Waals surface area contributed by atoms with Gasteiger partial charge in [0.25, 0.3) is 0 Å². The molecule has 0 aliphatic carbocycles. The average Bonchev–Trinajstić information content (AvgIpc) is 1.94. The van der Waals surface area contributed by atoms with Crippen LogP contribution in [0.25, 0.3) is 0 Å². The summed E-state index contributed by atoms with van der Waals surface area (Å²) in [5, 5.41) is 0.767. The second-order valence-corrected chi connectivity index (χ2v) is 11.6. The van der Waals surface area contributed by atoms with E-state index in [1.165, 1.54) is 5.56 Å². The van der Waals surface area contributed by atoms with Crippen molar-refractivity contribution in [2.24, 2.45) is 0 Å². The van der Waals surface area contributed by atoms with Crippen molar-refractivity contribution in [3.63, 3.8) is 0 Å². The standard InChI is InChI=1S/C7H7Br2ClP2/c8-7-3-6(10)2-1-5(7)4-12(9)11/h1-3,11-12H,4H2. The Hall–Kier alpha value is 1.20. The third-order valence-electron chi connectivity index (χ3n) is 1.36. The molecule has 0 spiro atoms. The van der Waals surface area contributed by atoms with Gasteiger partial charge in [0, 0.05) is 15.7 Å². The van der Waals surface area contributed by atoms with Crippen molar-refractivity contribution in [2.75, 3.05) is 0 Å². The molecule has 0 nitrogen and oxygen atoms in total. The Morgan fingerprint density at radius 3 is 2.67 bits per heavy atom. The maximum Gasteiger partial charge on any atom is 0.0417 e. The van der Waals surface area contributed by atoms with Gasteiger partial charge >= 0.3 is 0 Å². The molecule has 1 aromatic rings. The maximum absolute atomic E-state index is 5.81. The fourth-order valence-electron chi connectivity index (χ4n) is 0.832. The second kappa shape index (κ2) is 5.17. The summed E-state index contributed by atoms with van der Waals surface area (Å²) in [5.74, 6) is -0.577. The molecule has 1 rings (SSSR count). The lowest BCUT2D eigenvalue weighted by atomic mass is 10.2. The number of halogens is 3. The number of hydrogen-bond acceptors (Lipinski definition) is 0. The van der Waals surface area contributed by atoms with Gasteiger partial charge in [-0.3, -0.25) is 0 Å². The molecule has 0 radical (unpaired) electrons. The fraction of sp³-hybridized carbons (Fsp3) is 0.143. The Bertz CT molecular complexity index is 314. The lowest BCUT2D eigenvalue weighted by Crippen LogP contribution is -1.79. The van der Waals surface area contributed by atoms with Crippen molar-refractivity contribution in [3.05, 3.63) is 33.3 Å². The summed E-state index contributed by atoms with van der Waals surface area (Å²) >= 11 is 12.8. The van der Waals surface area contributed by atoms with Gasteiger partial charge in [0.05, 0.1) is 0 Å². The van der Waals surface area contributed by atoms with Crippen molar-refractivity contribution in [1.82, 2.24) is 0 Å². The summed E-state index contributed by atoms with van der Waals surface area (Å²) in [7, 11) is 3.58. The van der Waals surface area contributed by atoms with Gasteiger partial charge in [0.15, 0.2) is 0 Å². The Labute approximate surface area is 96.4 Å². The van der Waals surface area contributed by atoms with Crippen molar-refractivity contribution in [2.45, 2.75) is 6.16 Å². The van der Waals surface area contributed by atoms with Crippen molar-refractivity contribution >= 4 is 57.5 Å². The molecule has 5 heteroatoms. The maximum atomic E-state index is 5.81. The first-order valence-electron chi connectivity index (χ1n) is 3.26. The van der Waals surface area contributed by atoms with E-state index in [-0.39, 0.29) is 0 Å². The Balaban J connectivity index is 2.93. The topological polar surface area (TPSA) is 0 Å². The zero-order chi connectivity index (χ0) is 9.14. The molecule has 0 aliphatic rings. The smallest absolute Gasteiger partial charge is 0.0417 e. The van der Waals surface area contributed by atoms with Gasteiger partial charge in [-0.1, -0.05) is 49.1 Å². The van der Waals surface area contributed by atoms with Crippen LogP contribution in [-0.2, 0) is 6.16 Å². The van der Waals surface area contributed by atoms with Gasteiger partial charge in [0.2, 0.25) is 0 Å². The van der Waals surface area contributed by atoms with Crippen LogP contribution in [0.2, 0.25) is 5.02 Å². The highest BCUT2D eigenvalue weighted by Crippen LogP contribution is 2.42. The average molecular weight is 348 g/mol. The van der Waals surface area contributed by atoms with Crippen LogP contribution in [0.4, 0.5) is 0 Å². The molecule has 0 amide bonds. The molecule has 0 fully saturated rings. The van der Waals surface area contributed by atoms with E-state index in [2.05, 4.69) is 39.9 Å². The molecule has 0 bridgehead atoms. The zero-order valence-electron chi connectivity index (χ0n) is 6.07. The SMILES string of the molecule is P=[PH](Br)Cc1ccc(Cl)cc1Br. The van der Waals surface area contributed by atoms with E-state index in [1.807, 2.05) is 18.2 Å². The molecule has 12 heavy (non-hydrogen) atoms. The highest BCUT2D eigenvalue weighted by molar-refractivity contribution is 9.40. The van der Waals surface area contributed by atoms with Crippen LogP contribution < -0.4 is 0 Å². The molecule has 0 saturated carbocycles. The van der Waals surface area contributed by atoms with Crippen LogP contribution >= 0.6 is 57.5 Å². The first-order valence-corrected chi connectivity index (χ1v) is 9.90. The van der Waals surface area contributed by atoms with Crippen molar-refractivity contribution in [1.29, 1.82) is 0 Å². The van der Waals surface area contributed by atoms with Crippen LogP contribution in [-0.4, -0.2) is 0 Å². The summed E-state index contributed by atoms with van der Waals surface area (Å²) in [6, 6.07) is 5.87. The minimum atomic E-state index is -0.577. The molecule has 1 aromatic carbocycles. The van der Waals surface area contributed by atoms with E-state index >= 15 is 0 Å². The fourth-order valence-corrected chi connectivity index (χ4v) is 4.03. The zero-order valence-corrected chi connectivity index (χ0v) is 12.0. The third-order valence-corrected chi connectivity index (χ3v) is 4.40. The van der Waals surface area contributed by atoms with E-state index in [1.54, 1.807) is 0 Å². The Morgan fingerprint density at radius 1 is 1.50 bits per heavy atom. The molecule has 1 unspecified atom stereocenters. The number of hydrogen-bond donors (Lipinski definition) is 0. The predicted molar refractivity (Wildman–Crippen MR) is 68.4 cm³/mol. The van der Waals surface area contributed by atoms with E-state index in [0.717, 1.165) is 15.7 Å². The monoisotopic (exact) mass is 346 g/mol. The summed E-state index contributed by atoms with van der Waals surface area (Å²) in [4.78, 5) is 0. The molecule has 0 heterocycles. The summed E-state index contributed by atoms with van der Waals surface area (Å²) in [5.41, 5.74) is 1.28. The highest BCUT2D eigenvalue weighted by atomic mass is 79.9. The lowest BCUT2D eigenvalue weighted by molar-refractivity contribution is 1.38. The number of rotatable bonds is 2. The second-order valence-electron chi connectivity index (χ2n) is 2.32. The van der Waals surface area contributed by atoms with Crippen LogP contribution in [0.5, 0.6) is 0 Å². The van der Waals surface area contributed by atoms with Crippen LogP contribution in [0, 0.1) is 0 Å². The van der Waals surface area contributed by atoms with E-state index < -0.39 is 5.91 Å². The van der Waals surface area contributed by atoms with E-state index in [0.29, 0.717) is 0 Å². The van der Waals surface area contributed by atoms with Gasteiger partial charge in [-0.05, 0) is 23.6 Å². The van der Waals surface area contributed by atoms with Gasteiger partial charge in [0.1, 0.15) is 0 Å². The first-order chi connectivity index (χ1) is 5.59. The van der Waals surface area contributed by atoms with E-state index in [9.17, 15) is 0 Å². The minimum Gasteiger partial charge on any atom is -0.117 e. The van der Waals surface area contributed by atoms with Gasteiger partial charge in [-0.2, -0.15) is 0 Å². The molecule has 1 atom stereocenters. The largest absolute Gasteiger partial charge is 0.117 e. The van der Waals surface area contributed by atoms with Gasteiger partial charge < -0.3 is 0 Å². The lowest BCUT2D eigenvalue weighted by Gasteiger charge is -2.03. The predicted octanol–water partition coefficient (Wildman–Crippen LogP) is 5.18. The molecule has 0 saturated heterocycles. The molecule has 0 aromatic heterocycles. The molecule has 66 valence electrons. The van der Waals surface area contributed by atoms with Gasteiger partial charge in [-0.15, -0.1) is 8.53 Å². The molecular weight excluding hydrogens is 341 g/mol. The molecule has 0 N–H and O–H groups in total. The quantitative estimate of drug-likeness (QED) is 0.646. The summed E-state index contributed by atoms with van der Waals surface area (Å²) in [6.07, 6.45) is 1.03. The van der Waals surface area contributed by atoms with Crippen molar-refractivity contribution < 1.29 is 0 Å². The Morgan fingerprint density at radius 2 is 2.17 bits per heavy atom. The van der Waals surface area contributed by atoms with Gasteiger partial charge in [-0.25, -0.2) is 0 Å². The Kier molecular flexibility index (Phi) is 4.86. The molecular formula is C7H7Br2ClP2. The molecule has 0 aliphatic heterocycles. The normalized spacial score (nSPS) is 12.9. The van der Waals surface area contributed by atoms with E-state index in [4.69, 9.17) is 11.6 Å². The minimum absolute atomic E-state index is 0.577. The van der Waals surface area contributed by atoms with Crippen LogP contribution in [0.15, 0.2) is 22.7 Å². The van der Waals surface area contributed by atoms with Crippen LogP contribution in [0.3, 0.4) is 0 Å². The summed E-state index contributed by atoms with van der Waals surface area (Å²) < 4.78 is 1.08. The number of benzene rings is 1. The van der Waals surface area contributed by atoms with Crippen molar-refractivity contribution in [3.8, 4) is 0 Å². The first kappa shape index (κ1) is 11.3. The third kappa shape index (κ3) is 3.52.